The molecule has 1 unspecified atom stereocenters. The van der Waals surface area contributed by atoms with E-state index in [9.17, 15) is 9.12 Å². The van der Waals surface area contributed by atoms with Gasteiger partial charge in [-0.05, 0) is 0 Å². The molecule has 0 fully saturated rings. The van der Waals surface area contributed by atoms with Crippen LogP contribution in [-0.4, -0.2) is 30.4 Å². The molecule has 0 bridgehead atoms. The third-order valence-electron chi connectivity index (χ3n) is 1.42. The first-order valence-corrected chi connectivity index (χ1v) is 8.04. The predicted molar refractivity (Wildman–Crippen MR) is 64.9 cm³/mol. The van der Waals surface area contributed by atoms with Crippen molar-refractivity contribution in [3.05, 3.63) is 12.7 Å². The van der Waals surface area contributed by atoms with Gasteiger partial charge in [-0.15, -0.1) is 6.58 Å². The number of phosphoric acid groups is 1. The van der Waals surface area contributed by atoms with Crippen molar-refractivity contribution in [2.45, 2.75) is 17.4 Å². The Balaban J connectivity index is 3.98. The van der Waals surface area contributed by atoms with E-state index in [1.807, 2.05) is 0 Å². The molecule has 1 atom stereocenters. The largest absolute Gasteiger partial charge is 0.616 e. The molecule has 2 N–H and O–H groups in total. The fraction of sp³-hybridized carbons (Fsp3) is 0.714. The van der Waals surface area contributed by atoms with Gasteiger partial charge in [-0.3, -0.25) is 0 Å². The van der Waals surface area contributed by atoms with Gasteiger partial charge in [0, 0.05) is 6.42 Å². The van der Waals surface area contributed by atoms with Crippen LogP contribution >= 0.6 is 31.0 Å². The van der Waals surface area contributed by atoms with E-state index in [4.69, 9.17) is 33.0 Å². The molecule has 0 aliphatic rings. The van der Waals surface area contributed by atoms with E-state index in [1.165, 1.54) is 0 Å². The summed E-state index contributed by atoms with van der Waals surface area (Å²) in [7, 11) is -4.75. The minimum absolute atomic E-state index is 0.0981. The summed E-state index contributed by atoms with van der Waals surface area (Å²) in [6, 6.07) is 0. The Morgan fingerprint density at radius 2 is 2.06 bits per heavy atom. The molecule has 0 aromatic heterocycles. The highest BCUT2D eigenvalue weighted by molar-refractivity contribution is 7.91. The molecule has 0 aliphatic heterocycles. The first-order chi connectivity index (χ1) is 7.16. The van der Waals surface area contributed by atoms with Crippen LogP contribution in [0.1, 0.15) is 12.8 Å². The average molecular weight is 311 g/mol. The molecule has 0 saturated carbocycles. The monoisotopic (exact) mass is 310 g/mol. The van der Waals surface area contributed by atoms with Crippen LogP contribution in [0, 0.1) is 0 Å². The predicted octanol–water partition coefficient (Wildman–Crippen LogP) is 1.94. The molecular formula is C7H13Cl2O5PS. The van der Waals surface area contributed by atoms with E-state index in [0.717, 1.165) is 0 Å². The molecule has 0 aliphatic carbocycles. The normalized spacial score (nSPS) is 14.8. The minimum atomic E-state index is -4.75. The molecule has 0 aromatic carbocycles. The fourth-order valence-corrected chi connectivity index (χ4v) is 3.31. The van der Waals surface area contributed by atoms with Crippen LogP contribution in [0.5, 0.6) is 0 Å². The lowest BCUT2D eigenvalue weighted by Gasteiger charge is -2.20. The summed E-state index contributed by atoms with van der Waals surface area (Å²) in [6.07, 6.45) is 2.08. The van der Waals surface area contributed by atoms with E-state index in [2.05, 4.69) is 11.1 Å². The second-order valence-corrected chi connectivity index (χ2v) is 7.17. The van der Waals surface area contributed by atoms with Gasteiger partial charge in [0.1, 0.15) is 11.5 Å². The molecule has 0 heterocycles. The van der Waals surface area contributed by atoms with Crippen LogP contribution in [0.4, 0.5) is 0 Å². The van der Waals surface area contributed by atoms with Crippen LogP contribution in [0.25, 0.3) is 0 Å². The van der Waals surface area contributed by atoms with Gasteiger partial charge in [-0.2, -0.15) is 0 Å². The van der Waals surface area contributed by atoms with Crippen LogP contribution in [-0.2, 0) is 20.3 Å². The second kappa shape index (κ2) is 7.24. The first kappa shape index (κ1) is 16.7. The molecule has 0 amide bonds. The Kier molecular flexibility index (Phi) is 7.57. The van der Waals surface area contributed by atoms with Crippen molar-refractivity contribution < 1.29 is 23.4 Å². The Labute approximate surface area is 107 Å². The summed E-state index contributed by atoms with van der Waals surface area (Å²) in [6.45, 7) is 3.48. The molecular weight excluding hydrogens is 298 g/mol. The lowest BCUT2D eigenvalue weighted by Crippen LogP contribution is -2.22. The number of hydrogen-bond acceptors (Lipinski definition) is 3. The molecule has 0 spiro atoms. The van der Waals surface area contributed by atoms with Crippen molar-refractivity contribution >= 4 is 42.2 Å². The Bertz CT molecular complexity index is 270. The SMILES string of the molecule is C=CCC[S+]([O-])CCC(Cl)(Cl)OP(=O)(O)O. The highest BCUT2D eigenvalue weighted by Crippen LogP contribution is 2.46. The second-order valence-electron chi connectivity index (χ2n) is 2.89. The van der Waals surface area contributed by atoms with Crippen LogP contribution in [0.15, 0.2) is 12.7 Å². The third-order valence-corrected chi connectivity index (χ3v) is 4.07. The fourth-order valence-electron chi connectivity index (χ4n) is 0.769. The van der Waals surface area contributed by atoms with Crippen molar-refractivity contribution in [3.8, 4) is 0 Å². The summed E-state index contributed by atoms with van der Waals surface area (Å²) in [5.41, 5.74) is 0. The van der Waals surface area contributed by atoms with Gasteiger partial charge in [0.15, 0.2) is 0 Å². The van der Waals surface area contributed by atoms with Crippen molar-refractivity contribution in [2.75, 3.05) is 11.5 Å². The summed E-state index contributed by atoms with van der Waals surface area (Å²) in [5.74, 6) is 0.504. The molecule has 0 aromatic rings. The van der Waals surface area contributed by atoms with Gasteiger partial charge in [-0.1, -0.05) is 40.5 Å². The molecule has 0 saturated heterocycles. The van der Waals surface area contributed by atoms with Crippen molar-refractivity contribution in [2.24, 2.45) is 0 Å². The maximum Gasteiger partial charge on any atom is 0.472 e. The standard InChI is InChI=1S/C7H13Cl2O5PS/c1-2-3-5-16(13)6-4-7(8,9)14-15(10,11)12/h2H,1,3-6H2,(H2,10,11,12). The third kappa shape index (κ3) is 9.93. The molecule has 16 heavy (non-hydrogen) atoms. The highest BCUT2D eigenvalue weighted by Gasteiger charge is 2.35. The lowest BCUT2D eigenvalue weighted by molar-refractivity contribution is 0.153. The van der Waals surface area contributed by atoms with Gasteiger partial charge in [-0.25, -0.2) is 9.09 Å². The maximum atomic E-state index is 11.3. The Morgan fingerprint density at radius 3 is 2.50 bits per heavy atom. The highest BCUT2D eigenvalue weighted by atomic mass is 35.5. The van der Waals surface area contributed by atoms with Gasteiger partial charge < -0.3 is 14.3 Å². The quantitative estimate of drug-likeness (QED) is 0.309. The van der Waals surface area contributed by atoms with Gasteiger partial charge in [0.05, 0.1) is 6.42 Å². The molecule has 0 rings (SSSR count). The van der Waals surface area contributed by atoms with E-state index < -0.39 is 23.5 Å². The molecule has 9 heteroatoms. The van der Waals surface area contributed by atoms with Gasteiger partial charge >= 0.3 is 7.82 Å². The number of phosphoric ester groups is 1. The number of allylic oxidation sites excluding steroid dienone is 1. The van der Waals surface area contributed by atoms with Gasteiger partial charge in [0.25, 0.3) is 0 Å². The maximum absolute atomic E-state index is 11.3. The summed E-state index contributed by atoms with van der Waals surface area (Å²) in [4.78, 5) is 17.0. The topological polar surface area (TPSA) is 89.8 Å². The van der Waals surface area contributed by atoms with Crippen LogP contribution in [0.3, 0.4) is 0 Å². The Morgan fingerprint density at radius 1 is 1.50 bits per heavy atom. The average Bonchev–Trinajstić information content (AvgIpc) is 2.07. The van der Waals surface area contributed by atoms with Gasteiger partial charge in [0.2, 0.25) is 4.52 Å². The number of hydrogen-bond donors (Lipinski definition) is 2. The lowest BCUT2D eigenvalue weighted by atomic mass is 10.5. The number of alkyl halides is 2. The van der Waals surface area contributed by atoms with E-state index in [0.29, 0.717) is 12.2 Å². The van der Waals surface area contributed by atoms with Crippen molar-refractivity contribution in [1.82, 2.24) is 0 Å². The van der Waals surface area contributed by atoms with Crippen LogP contribution < -0.4 is 0 Å². The molecule has 0 radical (unpaired) electrons. The van der Waals surface area contributed by atoms with Crippen molar-refractivity contribution in [3.63, 3.8) is 0 Å². The number of halogens is 2. The zero-order valence-corrected chi connectivity index (χ0v) is 11.6. The number of rotatable bonds is 8. The molecule has 96 valence electrons. The summed E-state index contributed by atoms with van der Waals surface area (Å²) < 4.78 is 23.9. The minimum Gasteiger partial charge on any atom is -0.616 e. The molecule has 5 nitrogen and oxygen atoms in total. The smallest absolute Gasteiger partial charge is 0.472 e. The zero-order valence-electron chi connectivity index (χ0n) is 8.34. The van der Waals surface area contributed by atoms with E-state index in [-0.39, 0.29) is 12.2 Å². The van der Waals surface area contributed by atoms with E-state index >= 15 is 0 Å². The van der Waals surface area contributed by atoms with Crippen molar-refractivity contribution in [1.29, 1.82) is 0 Å². The van der Waals surface area contributed by atoms with Crippen LogP contribution in [0.2, 0.25) is 0 Å². The van der Waals surface area contributed by atoms with E-state index in [1.54, 1.807) is 6.08 Å². The zero-order chi connectivity index (χ0) is 12.8. The summed E-state index contributed by atoms with van der Waals surface area (Å²) >= 11 is 9.82. The Hall–Kier alpha value is 0.740. The summed E-state index contributed by atoms with van der Waals surface area (Å²) in [5, 5.41) is 0. The first-order valence-electron chi connectivity index (χ1n) is 4.26.